The Hall–Kier alpha value is -0.820. The van der Waals surface area contributed by atoms with Crippen LogP contribution in [0.4, 0.5) is 0 Å². The molecule has 0 aliphatic heterocycles. The molecule has 0 bridgehead atoms. The standard InChI is InChI=1S/C16H26O/c1-12(2)7-6-8-16(5,17)15-10-13(3)9-14(4)11-15/h9-12,17H,6-8H2,1-5H3. The molecule has 96 valence electrons. The van der Waals surface area contributed by atoms with E-state index >= 15 is 0 Å². The third-order valence-corrected chi connectivity index (χ3v) is 3.29. The third kappa shape index (κ3) is 4.51. The smallest absolute Gasteiger partial charge is 0.0868 e. The number of aliphatic hydroxyl groups is 1. The Bertz CT molecular complexity index is 344. The van der Waals surface area contributed by atoms with Crippen LogP contribution in [0, 0.1) is 19.8 Å². The second-order valence-corrected chi connectivity index (χ2v) is 5.94. The lowest BCUT2D eigenvalue weighted by atomic mass is 9.87. The van der Waals surface area contributed by atoms with Crippen molar-refractivity contribution in [3.05, 3.63) is 34.9 Å². The van der Waals surface area contributed by atoms with E-state index in [1.54, 1.807) is 0 Å². The summed E-state index contributed by atoms with van der Waals surface area (Å²) in [5, 5.41) is 10.5. The highest BCUT2D eigenvalue weighted by atomic mass is 16.3. The zero-order valence-corrected chi connectivity index (χ0v) is 11.9. The molecule has 1 aromatic rings. The van der Waals surface area contributed by atoms with Crippen LogP contribution in [0.1, 0.15) is 56.7 Å². The van der Waals surface area contributed by atoms with Gasteiger partial charge in [0.25, 0.3) is 0 Å². The largest absolute Gasteiger partial charge is 0.385 e. The maximum Gasteiger partial charge on any atom is 0.0868 e. The van der Waals surface area contributed by atoms with Crippen molar-refractivity contribution in [1.29, 1.82) is 0 Å². The summed E-state index contributed by atoms with van der Waals surface area (Å²) in [6, 6.07) is 6.35. The molecule has 1 heteroatoms. The minimum absolute atomic E-state index is 0.689. The third-order valence-electron chi connectivity index (χ3n) is 3.29. The second kappa shape index (κ2) is 5.68. The van der Waals surface area contributed by atoms with Gasteiger partial charge in [-0.05, 0) is 45.1 Å². The first kappa shape index (κ1) is 14.2. The van der Waals surface area contributed by atoms with Gasteiger partial charge in [0.15, 0.2) is 0 Å². The van der Waals surface area contributed by atoms with Crippen molar-refractivity contribution in [2.45, 2.75) is 59.5 Å². The summed E-state index contributed by atoms with van der Waals surface area (Å²) < 4.78 is 0. The first-order valence-electron chi connectivity index (χ1n) is 6.62. The number of rotatable bonds is 5. The Morgan fingerprint density at radius 2 is 1.65 bits per heavy atom. The highest BCUT2D eigenvalue weighted by molar-refractivity contribution is 5.32. The van der Waals surface area contributed by atoms with Crippen molar-refractivity contribution < 1.29 is 5.11 Å². The average Bonchev–Trinajstić information content (AvgIpc) is 2.14. The van der Waals surface area contributed by atoms with Gasteiger partial charge in [0, 0.05) is 0 Å². The topological polar surface area (TPSA) is 20.2 Å². The summed E-state index contributed by atoms with van der Waals surface area (Å²) in [6.45, 7) is 10.6. The Kier molecular flexibility index (Phi) is 4.76. The van der Waals surface area contributed by atoms with Crippen LogP contribution in [0.3, 0.4) is 0 Å². The Balaban J connectivity index is 2.74. The van der Waals surface area contributed by atoms with Crippen LogP contribution in [0.15, 0.2) is 18.2 Å². The van der Waals surface area contributed by atoms with E-state index in [-0.39, 0.29) is 0 Å². The van der Waals surface area contributed by atoms with Crippen molar-refractivity contribution in [2.75, 3.05) is 0 Å². The van der Waals surface area contributed by atoms with Gasteiger partial charge in [-0.2, -0.15) is 0 Å². The molecule has 1 atom stereocenters. The minimum atomic E-state index is -0.689. The Morgan fingerprint density at radius 1 is 1.12 bits per heavy atom. The second-order valence-electron chi connectivity index (χ2n) is 5.94. The molecule has 0 radical (unpaired) electrons. The Labute approximate surface area is 106 Å². The summed E-state index contributed by atoms with van der Waals surface area (Å²) >= 11 is 0. The van der Waals surface area contributed by atoms with Gasteiger partial charge in [0.1, 0.15) is 0 Å². The van der Waals surface area contributed by atoms with E-state index in [9.17, 15) is 5.11 Å². The van der Waals surface area contributed by atoms with Crippen LogP contribution < -0.4 is 0 Å². The number of benzene rings is 1. The van der Waals surface area contributed by atoms with Crippen molar-refractivity contribution in [3.8, 4) is 0 Å². The number of hydrogen-bond acceptors (Lipinski definition) is 1. The fourth-order valence-corrected chi connectivity index (χ4v) is 2.28. The van der Waals surface area contributed by atoms with Crippen molar-refractivity contribution in [3.63, 3.8) is 0 Å². The zero-order valence-electron chi connectivity index (χ0n) is 11.9. The van der Waals surface area contributed by atoms with Crippen LogP contribution >= 0.6 is 0 Å². The van der Waals surface area contributed by atoms with Crippen molar-refractivity contribution >= 4 is 0 Å². The molecule has 0 fully saturated rings. The molecule has 0 aliphatic carbocycles. The predicted molar refractivity (Wildman–Crippen MR) is 74.2 cm³/mol. The fourth-order valence-electron chi connectivity index (χ4n) is 2.28. The van der Waals surface area contributed by atoms with Gasteiger partial charge in [-0.15, -0.1) is 0 Å². The minimum Gasteiger partial charge on any atom is -0.385 e. The molecule has 0 aromatic heterocycles. The van der Waals surface area contributed by atoms with E-state index < -0.39 is 5.60 Å². The van der Waals surface area contributed by atoms with E-state index in [2.05, 4.69) is 45.9 Å². The molecular formula is C16H26O. The van der Waals surface area contributed by atoms with Crippen molar-refractivity contribution in [2.24, 2.45) is 5.92 Å². The molecule has 17 heavy (non-hydrogen) atoms. The molecule has 1 unspecified atom stereocenters. The maximum atomic E-state index is 10.5. The van der Waals surface area contributed by atoms with Gasteiger partial charge >= 0.3 is 0 Å². The maximum absolute atomic E-state index is 10.5. The predicted octanol–water partition coefficient (Wildman–Crippen LogP) is 4.34. The molecule has 1 rings (SSSR count). The number of aryl methyl sites for hydroxylation is 2. The van der Waals surface area contributed by atoms with Gasteiger partial charge < -0.3 is 5.11 Å². The summed E-state index contributed by atoms with van der Waals surface area (Å²) in [6.07, 6.45) is 3.10. The molecule has 0 saturated carbocycles. The van der Waals surface area contributed by atoms with Crippen LogP contribution in [-0.2, 0) is 5.60 Å². The van der Waals surface area contributed by atoms with Gasteiger partial charge in [-0.25, -0.2) is 0 Å². The highest BCUT2D eigenvalue weighted by Crippen LogP contribution is 2.28. The van der Waals surface area contributed by atoms with Gasteiger partial charge in [0.05, 0.1) is 5.60 Å². The van der Waals surface area contributed by atoms with E-state index in [0.717, 1.165) is 18.4 Å². The van der Waals surface area contributed by atoms with E-state index in [0.29, 0.717) is 5.92 Å². The first-order valence-corrected chi connectivity index (χ1v) is 6.62. The average molecular weight is 234 g/mol. The van der Waals surface area contributed by atoms with E-state index in [4.69, 9.17) is 0 Å². The highest BCUT2D eigenvalue weighted by Gasteiger charge is 2.22. The molecule has 0 amide bonds. The lowest BCUT2D eigenvalue weighted by molar-refractivity contribution is 0.0440. The Morgan fingerprint density at radius 3 is 2.12 bits per heavy atom. The monoisotopic (exact) mass is 234 g/mol. The van der Waals surface area contributed by atoms with Gasteiger partial charge in [-0.3, -0.25) is 0 Å². The lowest BCUT2D eigenvalue weighted by Crippen LogP contribution is -2.21. The van der Waals surface area contributed by atoms with E-state index in [1.807, 2.05) is 6.92 Å². The molecule has 0 heterocycles. The normalized spacial score (nSPS) is 15.0. The molecule has 0 saturated heterocycles. The van der Waals surface area contributed by atoms with Gasteiger partial charge in [0.2, 0.25) is 0 Å². The quantitative estimate of drug-likeness (QED) is 0.803. The molecule has 1 nitrogen and oxygen atoms in total. The zero-order chi connectivity index (χ0) is 13.1. The molecule has 1 aromatic carbocycles. The molecule has 1 N–H and O–H groups in total. The SMILES string of the molecule is Cc1cc(C)cc(C(C)(O)CCCC(C)C)c1. The lowest BCUT2D eigenvalue weighted by Gasteiger charge is -2.25. The summed E-state index contributed by atoms with van der Waals surface area (Å²) in [4.78, 5) is 0. The summed E-state index contributed by atoms with van der Waals surface area (Å²) in [5.41, 5.74) is 2.82. The van der Waals surface area contributed by atoms with Crippen LogP contribution in [-0.4, -0.2) is 5.11 Å². The van der Waals surface area contributed by atoms with E-state index in [1.165, 1.54) is 17.5 Å². The van der Waals surface area contributed by atoms with Gasteiger partial charge in [-0.1, -0.05) is 49.6 Å². The molecular weight excluding hydrogens is 208 g/mol. The van der Waals surface area contributed by atoms with Crippen molar-refractivity contribution in [1.82, 2.24) is 0 Å². The van der Waals surface area contributed by atoms with Crippen LogP contribution in [0.5, 0.6) is 0 Å². The fraction of sp³-hybridized carbons (Fsp3) is 0.625. The van der Waals surface area contributed by atoms with Crippen LogP contribution in [0.2, 0.25) is 0 Å². The number of hydrogen-bond donors (Lipinski definition) is 1. The molecule has 0 spiro atoms. The molecule has 0 aliphatic rings. The summed E-state index contributed by atoms with van der Waals surface area (Å²) in [7, 11) is 0. The first-order chi connectivity index (χ1) is 7.81. The summed E-state index contributed by atoms with van der Waals surface area (Å²) in [5.74, 6) is 0.713. The van der Waals surface area contributed by atoms with Crippen LogP contribution in [0.25, 0.3) is 0 Å².